The molecule has 2 rings (SSSR count). The lowest BCUT2D eigenvalue weighted by Crippen LogP contribution is -2.17. The summed E-state index contributed by atoms with van der Waals surface area (Å²) in [4.78, 5) is 3.90. The Morgan fingerprint density at radius 2 is 2.05 bits per heavy atom. The third kappa shape index (κ3) is 4.42. The van der Waals surface area contributed by atoms with Crippen molar-refractivity contribution in [3.05, 3.63) is 47.2 Å². The maximum Gasteiger partial charge on any atom is 0.573 e. The molecule has 118 valence electrons. The fraction of sp³-hybridized carbons (Fsp3) is 0.214. The molecule has 0 atom stereocenters. The highest BCUT2D eigenvalue weighted by atomic mass is 35.5. The quantitative estimate of drug-likeness (QED) is 0.831. The van der Waals surface area contributed by atoms with Crippen molar-refractivity contribution in [2.24, 2.45) is 0 Å². The molecule has 1 aromatic carbocycles. The Bertz CT molecular complexity index is 650. The number of hydrogen-bond acceptors (Lipinski definition) is 4. The van der Waals surface area contributed by atoms with Gasteiger partial charge in [-0.1, -0.05) is 11.6 Å². The van der Waals surface area contributed by atoms with Gasteiger partial charge in [-0.05, 0) is 30.3 Å². The van der Waals surface area contributed by atoms with Crippen molar-refractivity contribution in [2.75, 3.05) is 12.4 Å². The number of alkyl halides is 3. The molecule has 1 heterocycles. The van der Waals surface area contributed by atoms with Gasteiger partial charge in [0.15, 0.2) is 5.15 Å². The lowest BCUT2D eigenvalue weighted by atomic mass is 10.2. The summed E-state index contributed by atoms with van der Waals surface area (Å²) in [5, 5.41) is 3.25. The van der Waals surface area contributed by atoms with Gasteiger partial charge in [0, 0.05) is 18.3 Å². The monoisotopic (exact) mass is 332 g/mol. The van der Waals surface area contributed by atoms with Crippen molar-refractivity contribution >= 4 is 17.3 Å². The van der Waals surface area contributed by atoms with Crippen LogP contribution in [0.1, 0.15) is 5.56 Å². The summed E-state index contributed by atoms with van der Waals surface area (Å²) >= 11 is 5.90. The number of rotatable bonds is 5. The van der Waals surface area contributed by atoms with Crippen LogP contribution < -0.4 is 14.8 Å². The van der Waals surface area contributed by atoms with Gasteiger partial charge < -0.3 is 14.8 Å². The van der Waals surface area contributed by atoms with Crippen LogP contribution in [0.25, 0.3) is 0 Å². The third-order valence-corrected chi connectivity index (χ3v) is 3.02. The number of pyridine rings is 1. The van der Waals surface area contributed by atoms with Gasteiger partial charge in [0.25, 0.3) is 0 Å². The molecule has 2 aromatic rings. The van der Waals surface area contributed by atoms with Crippen LogP contribution in [0, 0.1) is 0 Å². The van der Waals surface area contributed by atoms with Crippen LogP contribution in [-0.4, -0.2) is 18.5 Å². The molecule has 0 aliphatic rings. The smallest absolute Gasteiger partial charge is 0.496 e. The minimum atomic E-state index is -4.74. The van der Waals surface area contributed by atoms with E-state index in [1.165, 1.54) is 31.5 Å². The van der Waals surface area contributed by atoms with E-state index in [0.717, 1.165) is 0 Å². The number of methoxy groups -OCH3 is 1. The molecule has 1 aromatic heterocycles. The van der Waals surface area contributed by atoms with Gasteiger partial charge in [-0.3, -0.25) is 0 Å². The molecule has 0 fully saturated rings. The van der Waals surface area contributed by atoms with E-state index in [9.17, 15) is 13.2 Å². The predicted molar refractivity (Wildman–Crippen MR) is 76.3 cm³/mol. The molecule has 0 aliphatic carbocycles. The maximum absolute atomic E-state index is 12.3. The first-order valence-electron chi connectivity index (χ1n) is 6.16. The molecule has 0 saturated carbocycles. The van der Waals surface area contributed by atoms with Crippen LogP contribution in [0.5, 0.6) is 11.5 Å². The molecular weight excluding hydrogens is 321 g/mol. The molecule has 0 saturated heterocycles. The highest BCUT2D eigenvalue weighted by molar-refractivity contribution is 6.31. The van der Waals surface area contributed by atoms with Crippen molar-refractivity contribution < 1.29 is 22.6 Å². The second-order valence-corrected chi connectivity index (χ2v) is 4.57. The Morgan fingerprint density at radius 1 is 1.27 bits per heavy atom. The third-order valence-electron chi connectivity index (χ3n) is 2.71. The number of aromatic nitrogens is 1. The van der Waals surface area contributed by atoms with Crippen molar-refractivity contribution in [1.29, 1.82) is 0 Å². The van der Waals surface area contributed by atoms with E-state index >= 15 is 0 Å². The van der Waals surface area contributed by atoms with E-state index in [2.05, 4.69) is 15.0 Å². The molecule has 0 amide bonds. The highest BCUT2D eigenvalue weighted by Crippen LogP contribution is 2.29. The molecule has 4 nitrogen and oxygen atoms in total. The summed E-state index contributed by atoms with van der Waals surface area (Å²) in [5.41, 5.74) is 1.05. The van der Waals surface area contributed by atoms with Crippen LogP contribution in [0.15, 0.2) is 36.5 Å². The fourth-order valence-electron chi connectivity index (χ4n) is 1.80. The molecule has 1 N–H and O–H groups in total. The normalized spacial score (nSPS) is 11.1. The predicted octanol–water partition coefficient (Wildman–Crippen LogP) is 4.25. The van der Waals surface area contributed by atoms with Crippen LogP contribution in [0.2, 0.25) is 5.15 Å². The number of hydrogen-bond donors (Lipinski definition) is 1. The zero-order chi connectivity index (χ0) is 16.2. The summed E-state index contributed by atoms with van der Waals surface area (Å²) in [7, 11) is 1.43. The highest BCUT2D eigenvalue weighted by Gasteiger charge is 2.31. The van der Waals surface area contributed by atoms with Crippen molar-refractivity contribution in [3.8, 4) is 11.5 Å². The summed E-state index contributed by atoms with van der Waals surface area (Å²) in [6.45, 7) is 0.198. The maximum atomic E-state index is 12.3. The largest absolute Gasteiger partial charge is 0.573 e. The van der Waals surface area contributed by atoms with E-state index in [1.54, 1.807) is 12.1 Å². The summed E-state index contributed by atoms with van der Waals surface area (Å²) in [5.74, 6) is 0.115. The first kappa shape index (κ1) is 16.2. The van der Waals surface area contributed by atoms with Crippen LogP contribution >= 0.6 is 11.6 Å². The zero-order valence-corrected chi connectivity index (χ0v) is 12.2. The minimum absolute atomic E-state index is 0.198. The fourth-order valence-corrected chi connectivity index (χ4v) is 1.98. The lowest BCUT2D eigenvalue weighted by Gasteiger charge is -2.14. The van der Waals surface area contributed by atoms with Crippen molar-refractivity contribution in [2.45, 2.75) is 12.9 Å². The molecule has 22 heavy (non-hydrogen) atoms. The molecule has 0 bridgehead atoms. The average Bonchev–Trinajstić information content (AvgIpc) is 2.45. The first-order chi connectivity index (χ1) is 10.4. The van der Waals surface area contributed by atoms with Crippen molar-refractivity contribution in [1.82, 2.24) is 4.98 Å². The standard InChI is InChI=1S/C14H12ClF3N2O2/c1-21-12-5-4-10(22-14(16,17)18)7-9(12)8-20-11-3-2-6-19-13(11)15/h2-7,20H,8H2,1H3. The van der Waals surface area contributed by atoms with Crippen LogP contribution in [0.4, 0.5) is 18.9 Å². The number of anilines is 1. The lowest BCUT2D eigenvalue weighted by molar-refractivity contribution is -0.274. The first-order valence-corrected chi connectivity index (χ1v) is 6.54. The summed E-state index contributed by atoms with van der Waals surface area (Å²) in [6.07, 6.45) is -3.21. The van der Waals surface area contributed by atoms with Gasteiger partial charge in [-0.15, -0.1) is 13.2 Å². The van der Waals surface area contributed by atoms with E-state index in [4.69, 9.17) is 16.3 Å². The number of halogens is 4. The molecular formula is C14H12ClF3N2O2. The van der Waals surface area contributed by atoms with Crippen LogP contribution in [0.3, 0.4) is 0 Å². The van der Waals surface area contributed by atoms with Gasteiger partial charge in [0.1, 0.15) is 11.5 Å². The number of ether oxygens (including phenoxy) is 2. The van der Waals surface area contributed by atoms with E-state index in [0.29, 0.717) is 17.0 Å². The Kier molecular flexibility index (Phi) is 4.97. The number of nitrogens with one attached hydrogen (secondary N) is 1. The minimum Gasteiger partial charge on any atom is -0.496 e. The number of nitrogens with zero attached hydrogens (tertiary/aromatic N) is 1. The van der Waals surface area contributed by atoms with Crippen molar-refractivity contribution in [3.63, 3.8) is 0 Å². The van der Waals surface area contributed by atoms with Crippen LogP contribution in [-0.2, 0) is 6.54 Å². The number of benzene rings is 1. The molecule has 8 heteroatoms. The van der Waals surface area contributed by atoms with Gasteiger partial charge in [0.05, 0.1) is 12.8 Å². The molecule has 0 radical (unpaired) electrons. The Labute approximate surface area is 129 Å². The topological polar surface area (TPSA) is 43.4 Å². The Morgan fingerprint density at radius 3 is 2.68 bits per heavy atom. The SMILES string of the molecule is COc1ccc(OC(F)(F)F)cc1CNc1cccnc1Cl. The molecule has 0 spiro atoms. The summed E-state index contributed by atoms with van der Waals surface area (Å²) in [6, 6.07) is 7.24. The van der Waals surface area contributed by atoms with E-state index in [-0.39, 0.29) is 17.4 Å². The second-order valence-electron chi connectivity index (χ2n) is 4.22. The van der Waals surface area contributed by atoms with E-state index < -0.39 is 6.36 Å². The zero-order valence-electron chi connectivity index (χ0n) is 11.4. The Balaban J connectivity index is 2.18. The summed E-state index contributed by atoms with van der Waals surface area (Å²) < 4.78 is 45.8. The Hall–Kier alpha value is -2.15. The average molecular weight is 333 g/mol. The van der Waals surface area contributed by atoms with Gasteiger partial charge in [0.2, 0.25) is 0 Å². The molecule has 0 aliphatic heterocycles. The second kappa shape index (κ2) is 6.74. The van der Waals surface area contributed by atoms with E-state index in [1.807, 2.05) is 0 Å². The van der Waals surface area contributed by atoms with Gasteiger partial charge >= 0.3 is 6.36 Å². The molecule has 0 unspecified atom stereocenters. The van der Waals surface area contributed by atoms with Gasteiger partial charge in [-0.25, -0.2) is 4.98 Å². The van der Waals surface area contributed by atoms with Gasteiger partial charge in [-0.2, -0.15) is 0 Å².